The Morgan fingerprint density at radius 3 is 2.77 bits per heavy atom. The Bertz CT molecular complexity index is 956. The van der Waals surface area contributed by atoms with Crippen molar-refractivity contribution in [3.05, 3.63) is 60.0 Å². The van der Waals surface area contributed by atoms with Gasteiger partial charge in [0.2, 0.25) is 0 Å². The van der Waals surface area contributed by atoms with Crippen molar-refractivity contribution in [2.24, 2.45) is 7.05 Å². The predicted molar refractivity (Wildman–Crippen MR) is 95.4 cm³/mol. The summed E-state index contributed by atoms with van der Waals surface area (Å²) < 4.78 is 1.79. The smallest absolute Gasteiger partial charge is 0.255 e. The number of rotatable bonds is 2. The van der Waals surface area contributed by atoms with Gasteiger partial charge in [-0.15, -0.1) is 0 Å². The molecule has 1 aliphatic rings. The number of aliphatic hydroxyl groups is 2. The highest BCUT2D eigenvalue weighted by atomic mass is 16.3. The fourth-order valence-electron chi connectivity index (χ4n) is 3.49. The largest absolute Gasteiger partial charge is 0.388 e. The molecule has 3 heterocycles. The van der Waals surface area contributed by atoms with Gasteiger partial charge < -0.3 is 19.7 Å². The average Bonchev–Trinajstić information content (AvgIpc) is 3.04. The minimum atomic E-state index is -1.35. The van der Waals surface area contributed by atoms with E-state index < -0.39 is 11.7 Å². The maximum Gasteiger partial charge on any atom is 0.255 e. The molecule has 26 heavy (non-hydrogen) atoms. The number of nitrogens with zero attached hydrogens (tertiary/aromatic N) is 4. The molecule has 2 aromatic heterocycles. The number of aliphatic hydroxyl groups excluding tert-OH is 1. The molecule has 0 aliphatic carbocycles. The number of aryl methyl sites for hydroxylation is 1. The van der Waals surface area contributed by atoms with Crippen molar-refractivity contribution in [3.8, 4) is 0 Å². The quantitative estimate of drug-likeness (QED) is 0.720. The molecule has 7 nitrogen and oxygen atoms in total. The molecule has 7 heteroatoms. The van der Waals surface area contributed by atoms with Crippen LogP contribution in [0.2, 0.25) is 0 Å². The molecule has 3 aromatic rings. The third-order valence-electron chi connectivity index (χ3n) is 5.07. The Labute approximate surface area is 150 Å². The summed E-state index contributed by atoms with van der Waals surface area (Å²) in [6, 6.07) is 10.8. The molecule has 1 saturated heterocycles. The van der Waals surface area contributed by atoms with Gasteiger partial charge in [0, 0.05) is 26.2 Å². The van der Waals surface area contributed by atoms with Gasteiger partial charge in [0.05, 0.1) is 18.4 Å². The number of carbonyl (C=O) groups is 1. The minimum absolute atomic E-state index is 0.0600. The van der Waals surface area contributed by atoms with Crippen molar-refractivity contribution in [1.82, 2.24) is 19.4 Å². The van der Waals surface area contributed by atoms with E-state index in [1.54, 1.807) is 34.0 Å². The molecule has 134 valence electrons. The van der Waals surface area contributed by atoms with Gasteiger partial charge in [0.25, 0.3) is 5.91 Å². The Morgan fingerprint density at radius 1 is 1.27 bits per heavy atom. The Morgan fingerprint density at radius 2 is 2.04 bits per heavy atom. The number of hydrogen-bond acceptors (Lipinski definition) is 5. The van der Waals surface area contributed by atoms with Gasteiger partial charge in [0.15, 0.2) is 5.65 Å². The van der Waals surface area contributed by atoms with Crippen molar-refractivity contribution in [2.45, 2.75) is 18.1 Å². The van der Waals surface area contributed by atoms with Crippen LogP contribution in [0.4, 0.5) is 0 Å². The lowest BCUT2D eigenvalue weighted by molar-refractivity contribution is -0.118. The molecule has 0 radical (unpaired) electrons. The first-order chi connectivity index (χ1) is 12.5. The van der Waals surface area contributed by atoms with Gasteiger partial charge in [-0.3, -0.25) is 4.79 Å². The highest BCUT2D eigenvalue weighted by Gasteiger charge is 2.43. The molecule has 0 bridgehead atoms. The van der Waals surface area contributed by atoms with Crippen LogP contribution < -0.4 is 0 Å². The monoisotopic (exact) mass is 352 g/mol. The van der Waals surface area contributed by atoms with E-state index in [1.807, 2.05) is 25.2 Å². The second kappa shape index (κ2) is 6.19. The fraction of sp³-hybridized carbons (Fsp3) is 0.316. The van der Waals surface area contributed by atoms with E-state index >= 15 is 0 Å². The third kappa shape index (κ3) is 2.65. The number of pyridine rings is 1. The summed E-state index contributed by atoms with van der Waals surface area (Å²) in [5.41, 5.74) is 1.10. The minimum Gasteiger partial charge on any atom is -0.388 e. The molecule has 1 fully saturated rings. The van der Waals surface area contributed by atoms with Crippen LogP contribution in [0.5, 0.6) is 0 Å². The van der Waals surface area contributed by atoms with Crippen LogP contribution in [0, 0.1) is 0 Å². The molecular formula is C19H20N4O3. The summed E-state index contributed by atoms with van der Waals surface area (Å²) in [4.78, 5) is 22.9. The number of fused-ring (bicyclic) bond motifs is 1. The van der Waals surface area contributed by atoms with Crippen LogP contribution in [0.1, 0.15) is 22.3 Å². The zero-order chi connectivity index (χ0) is 18.3. The predicted octanol–water partition coefficient (Wildman–Crippen LogP) is 1.06. The highest BCUT2D eigenvalue weighted by molar-refractivity contribution is 5.96. The van der Waals surface area contributed by atoms with Gasteiger partial charge in [-0.1, -0.05) is 30.3 Å². The van der Waals surface area contributed by atoms with Crippen LogP contribution in [-0.2, 0) is 12.6 Å². The number of piperidine rings is 1. The summed E-state index contributed by atoms with van der Waals surface area (Å²) in [6.45, 7) is 0.409. The van der Waals surface area contributed by atoms with E-state index in [0.717, 1.165) is 0 Å². The SMILES string of the molecule is Cn1cnc2cc(C(=O)N3CC[C@](O)(c4ccccc4)[C@@H](O)C3)cnc21. The molecular weight excluding hydrogens is 332 g/mol. The summed E-state index contributed by atoms with van der Waals surface area (Å²) in [6.07, 6.45) is 2.38. The van der Waals surface area contributed by atoms with Crippen molar-refractivity contribution in [1.29, 1.82) is 0 Å². The molecule has 1 amide bonds. The number of aromatic nitrogens is 3. The number of benzene rings is 1. The number of hydrogen-bond donors (Lipinski definition) is 2. The van der Waals surface area contributed by atoms with Gasteiger partial charge in [0.1, 0.15) is 17.2 Å². The normalized spacial score (nSPS) is 23.3. The lowest BCUT2D eigenvalue weighted by Gasteiger charge is -2.42. The zero-order valence-electron chi connectivity index (χ0n) is 14.4. The topological polar surface area (TPSA) is 91.5 Å². The van der Waals surface area contributed by atoms with Gasteiger partial charge >= 0.3 is 0 Å². The third-order valence-corrected chi connectivity index (χ3v) is 5.07. The van der Waals surface area contributed by atoms with E-state index in [2.05, 4.69) is 9.97 Å². The fourth-order valence-corrected chi connectivity index (χ4v) is 3.49. The van der Waals surface area contributed by atoms with Gasteiger partial charge in [-0.25, -0.2) is 9.97 Å². The van der Waals surface area contributed by atoms with Gasteiger partial charge in [-0.2, -0.15) is 0 Å². The summed E-state index contributed by atoms with van der Waals surface area (Å²) in [7, 11) is 1.84. The van der Waals surface area contributed by atoms with E-state index in [1.165, 1.54) is 6.20 Å². The summed E-state index contributed by atoms with van der Waals surface area (Å²) >= 11 is 0. The molecule has 1 aliphatic heterocycles. The number of β-amino-alcohol motifs (C(OH)–C–C–N with tert-alkyl or cyclic N) is 1. The number of likely N-dealkylation sites (tertiary alicyclic amines) is 1. The maximum atomic E-state index is 12.8. The van der Waals surface area contributed by atoms with Crippen LogP contribution in [0.15, 0.2) is 48.9 Å². The van der Waals surface area contributed by atoms with Crippen LogP contribution in [0.3, 0.4) is 0 Å². The van der Waals surface area contributed by atoms with E-state index in [4.69, 9.17) is 0 Å². The number of carbonyl (C=O) groups excluding carboxylic acids is 1. The van der Waals surface area contributed by atoms with Crippen LogP contribution in [0.25, 0.3) is 11.2 Å². The first kappa shape index (κ1) is 16.7. The van der Waals surface area contributed by atoms with Gasteiger partial charge in [-0.05, 0) is 11.6 Å². The lowest BCUT2D eigenvalue weighted by atomic mass is 9.82. The molecule has 2 atom stereocenters. The van der Waals surface area contributed by atoms with Crippen molar-refractivity contribution < 1.29 is 15.0 Å². The maximum absolute atomic E-state index is 12.8. The van der Waals surface area contributed by atoms with Crippen LogP contribution in [-0.4, -0.2) is 54.7 Å². The van der Waals surface area contributed by atoms with E-state index in [0.29, 0.717) is 28.8 Å². The average molecular weight is 352 g/mol. The first-order valence-corrected chi connectivity index (χ1v) is 8.51. The Balaban J connectivity index is 1.55. The van der Waals surface area contributed by atoms with Crippen LogP contribution >= 0.6 is 0 Å². The molecule has 4 rings (SSSR count). The first-order valence-electron chi connectivity index (χ1n) is 8.51. The Kier molecular flexibility index (Phi) is 3.97. The van der Waals surface area contributed by atoms with E-state index in [9.17, 15) is 15.0 Å². The van der Waals surface area contributed by atoms with Crippen molar-refractivity contribution in [2.75, 3.05) is 13.1 Å². The van der Waals surface area contributed by atoms with Crippen molar-refractivity contribution in [3.63, 3.8) is 0 Å². The molecule has 2 N–H and O–H groups in total. The Hall–Kier alpha value is -2.77. The highest BCUT2D eigenvalue weighted by Crippen LogP contribution is 2.33. The second-order valence-corrected chi connectivity index (χ2v) is 6.73. The molecule has 1 aromatic carbocycles. The summed E-state index contributed by atoms with van der Waals surface area (Å²) in [5, 5.41) is 21.5. The van der Waals surface area contributed by atoms with Crippen molar-refractivity contribution >= 4 is 17.1 Å². The summed E-state index contributed by atoms with van der Waals surface area (Å²) in [5.74, 6) is -0.223. The molecule has 0 unspecified atom stereocenters. The standard InChI is InChI=1S/C19H20N4O3/c1-22-12-21-15-9-13(10-20-17(15)22)18(25)23-8-7-19(26,16(24)11-23)14-5-3-2-4-6-14/h2-6,9-10,12,16,24,26H,7-8,11H2,1H3/t16-,19-/m0/s1. The second-order valence-electron chi connectivity index (χ2n) is 6.73. The van der Waals surface area contributed by atoms with E-state index in [-0.39, 0.29) is 18.9 Å². The molecule has 0 spiro atoms. The molecule has 0 saturated carbocycles. The zero-order valence-corrected chi connectivity index (χ0v) is 14.4. The number of amides is 1. The lowest BCUT2D eigenvalue weighted by Crippen LogP contribution is -2.55. The number of imidazole rings is 1.